The predicted octanol–water partition coefficient (Wildman–Crippen LogP) is 3.78. The van der Waals surface area contributed by atoms with Gasteiger partial charge in [-0.15, -0.1) is 5.10 Å². The number of benzene rings is 2. The number of aromatic nitrogens is 3. The van der Waals surface area contributed by atoms with E-state index in [0.717, 1.165) is 11.1 Å². The number of aromatic amines is 1. The Bertz CT molecular complexity index is 945. The molecule has 1 aromatic heterocycles. The van der Waals surface area contributed by atoms with Crippen molar-refractivity contribution in [3.05, 3.63) is 47.5 Å². The van der Waals surface area contributed by atoms with Crippen LogP contribution in [0.15, 0.2) is 41.6 Å². The Hall–Kier alpha value is -3.00. The molecule has 0 fully saturated rings. The number of ketones is 1. The number of aryl methyl sites for hydroxylation is 1. The first-order chi connectivity index (χ1) is 13.5. The van der Waals surface area contributed by atoms with E-state index in [1.54, 1.807) is 33.5 Å². The van der Waals surface area contributed by atoms with Crippen molar-refractivity contribution in [3.8, 4) is 28.6 Å². The summed E-state index contributed by atoms with van der Waals surface area (Å²) in [5.74, 6) is 2.39. The Labute approximate surface area is 167 Å². The maximum atomic E-state index is 12.3. The number of hydrogen-bond donors (Lipinski definition) is 1. The third-order valence-corrected chi connectivity index (χ3v) is 4.96. The summed E-state index contributed by atoms with van der Waals surface area (Å²) in [7, 11) is 4.66. The van der Waals surface area contributed by atoms with Gasteiger partial charge in [0, 0.05) is 11.1 Å². The van der Waals surface area contributed by atoms with E-state index >= 15 is 0 Å². The molecule has 0 saturated heterocycles. The summed E-state index contributed by atoms with van der Waals surface area (Å²) in [6.45, 7) is 1.99. The first-order valence-corrected chi connectivity index (χ1v) is 9.49. The van der Waals surface area contributed by atoms with Gasteiger partial charge in [-0.1, -0.05) is 41.6 Å². The maximum Gasteiger partial charge on any atom is 0.209 e. The molecule has 8 heteroatoms. The predicted molar refractivity (Wildman–Crippen MR) is 108 cm³/mol. The number of methoxy groups -OCH3 is 3. The van der Waals surface area contributed by atoms with Crippen molar-refractivity contribution in [2.45, 2.75) is 12.1 Å². The molecule has 0 radical (unpaired) electrons. The van der Waals surface area contributed by atoms with Gasteiger partial charge in [0.2, 0.25) is 10.9 Å². The number of carbonyl (C=O) groups excluding carboxylic acids is 1. The molecule has 2 aromatic carbocycles. The SMILES string of the molecule is COc1cc(-c2nc(SCC(=O)c3ccc(C)cc3)n[nH]2)cc(OC)c1OC. The highest BCUT2D eigenvalue weighted by Gasteiger charge is 2.17. The summed E-state index contributed by atoms with van der Waals surface area (Å²) in [6, 6.07) is 11.1. The van der Waals surface area contributed by atoms with Gasteiger partial charge in [0.05, 0.1) is 27.1 Å². The lowest BCUT2D eigenvalue weighted by atomic mass is 10.1. The standard InChI is InChI=1S/C20H21N3O4S/c1-12-5-7-13(8-6-12)15(24)11-28-20-21-19(22-23-20)14-9-16(25-2)18(27-4)17(10-14)26-3/h5-10H,11H2,1-4H3,(H,21,22,23). The fourth-order valence-electron chi connectivity index (χ4n) is 2.61. The van der Waals surface area contributed by atoms with Crippen molar-refractivity contribution in [2.24, 2.45) is 0 Å². The van der Waals surface area contributed by atoms with Crippen LogP contribution in [0.5, 0.6) is 17.2 Å². The topological polar surface area (TPSA) is 86.3 Å². The third-order valence-electron chi connectivity index (χ3n) is 4.11. The second-order valence-electron chi connectivity index (χ2n) is 5.96. The molecule has 0 bridgehead atoms. The zero-order chi connectivity index (χ0) is 20.1. The molecule has 3 rings (SSSR count). The smallest absolute Gasteiger partial charge is 0.209 e. The number of hydrogen-bond acceptors (Lipinski definition) is 7. The molecule has 0 saturated carbocycles. The molecule has 0 aliphatic rings. The summed E-state index contributed by atoms with van der Waals surface area (Å²) in [6.07, 6.45) is 0. The Kier molecular flexibility index (Phi) is 6.20. The minimum atomic E-state index is 0.0316. The molecule has 146 valence electrons. The fourth-order valence-corrected chi connectivity index (χ4v) is 3.30. The fraction of sp³-hybridized carbons (Fsp3) is 0.250. The van der Waals surface area contributed by atoms with E-state index in [2.05, 4.69) is 15.2 Å². The molecular weight excluding hydrogens is 378 g/mol. The Morgan fingerprint density at radius 3 is 2.25 bits per heavy atom. The van der Waals surface area contributed by atoms with Crippen molar-refractivity contribution in [1.29, 1.82) is 0 Å². The van der Waals surface area contributed by atoms with Gasteiger partial charge in [0.25, 0.3) is 0 Å². The van der Waals surface area contributed by atoms with E-state index in [4.69, 9.17) is 14.2 Å². The Morgan fingerprint density at radius 1 is 1.04 bits per heavy atom. The molecule has 7 nitrogen and oxygen atoms in total. The average Bonchev–Trinajstić information content (AvgIpc) is 3.20. The number of nitrogens with one attached hydrogen (secondary N) is 1. The highest BCUT2D eigenvalue weighted by molar-refractivity contribution is 7.99. The number of ether oxygens (including phenoxy) is 3. The van der Waals surface area contributed by atoms with Gasteiger partial charge in [-0.3, -0.25) is 9.89 Å². The number of thioether (sulfide) groups is 1. The van der Waals surface area contributed by atoms with Crippen molar-refractivity contribution < 1.29 is 19.0 Å². The minimum absolute atomic E-state index is 0.0316. The molecule has 0 aliphatic carbocycles. The van der Waals surface area contributed by atoms with Crippen LogP contribution in [0.3, 0.4) is 0 Å². The zero-order valence-electron chi connectivity index (χ0n) is 16.1. The van der Waals surface area contributed by atoms with Crippen LogP contribution >= 0.6 is 11.8 Å². The first-order valence-electron chi connectivity index (χ1n) is 8.51. The summed E-state index contributed by atoms with van der Waals surface area (Å²) < 4.78 is 16.1. The third kappa shape index (κ3) is 4.28. The van der Waals surface area contributed by atoms with Gasteiger partial charge in [0.1, 0.15) is 0 Å². The number of rotatable bonds is 8. The van der Waals surface area contributed by atoms with Crippen molar-refractivity contribution in [1.82, 2.24) is 15.2 Å². The second-order valence-corrected chi connectivity index (χ2v) is 6.90. The summed E-state index contributed by atoms with van der Waals surface area (Å²) in [5.41, 5.74) is 2.53. The van der Waals surface area contributed by atoms with Crippen LogP contribution in [0.1, 0.15) is 15.9 Å². The van der Waals surface area contributed by atoms with Gasteiger partial charge in [-0.2, -0.15) is 0 Å². The van der Waals surface area contributed by atoms with Gasteiger partial charge in [0.15, 0.2) is 23.1 Å². The summed E-state index contributed by atoms with van der Waals surface area (Å²) in [4.78, 5) is 16.8. The van der Waals surface area contributed by atoms with Crippen LogP contribution in [0.4, 0.5) is 0 Å². The molecule has 28 heavy (non-hydrogen) atoms. The maximum absolute atomic E-state index is 12.3. The van der Waals surface area contributed by atoms with Gasteiger partial charge >= 0.3 is 0 Å². The van der Waals surface area contributed by atoms with Crippen LogP contribution in [0, 0.1) is 6.92 Å². The highest BCUT2D eigenvalue weighted by atomic mass is 32.2. The van der Waals surface area contributed by atoms with E-state index in [1.165, 1.54) is 11.8 Å². The Balaban J connectivity index is 1.75. The number of H-pyrrole nitrogens is 1. The van der Waals surface area contributed by atoms with Gasteiger partial charge < -0.3 is 14.2 Å². The normalized spacial score (nSPS) is 10.6. The van der Waals surface area contributed by atoms with E-state index in [1.807, 2.05) is 31.2 Å². The van der Waals surface area contributed by atoms with E-state index < -0.39 is 0 Å². The summed E-state index contributed by atoms with van der Waals surface area (Å²) >= 11 is 1.28. The number of carbonyl (C=O) groups is 1. The second kappa shape index (κ2) is 8.79. The number of Topliss-reactive ketones (excluding diaryl/α,β-unsaturated/α-hetero) is 1. The van der Waals surface area contributed by atoms with Crippen LogP contribution in [-0.2, 0) is 0 Å². The minimum Gasteiger partial charge on any atom is -0.493 e. The highest BCUT2D eigenvalue weighted by Crippen LogP contribution is 2.40. The zero-order valence-corrected chi connectivity index (χ0v) is 16.9. The molecule has 0 unspecified atom stereocenters. The average molecular weight is 399 g/mol. The quantitative estimate of drug-likeness (QED) is 0.456. The molecule has 1 heterocycles. The molecule has 0 atom stereocenters. The first kappa shape index (κ1) is 19.8. The van der Waals surface area contributed by atoms with E-state index in [-0.39, 0.29) is 11.5 Å². The van der Waals surface area contributed by atoms with E-state index in [9.17, 15) is 4.79 Å². The van der Waals surface area contributed by atoms with Crippen LogP contribution in [0.25, 0.3) is 11.4 Å². The lowest BCUT2D eigenvalue weighted by Crippen LogP contribution is -2.02. The molecule has 0 spiro atoms. The molecular formula is C20H21N3O4S. The van der Waals surface area contributed by atoms with Gasteiger partial charge in [-0.25, -0.2) is 4.98 Å². The molecule has 3 aromatic rings. The molecule has 0 amide bonds. The van der Waals surface area contributed by atoms with E-state index in [0.29, 0.717) is 33.8 Å². The summed E-state index contributed by atoms with van der Waals surface area (Å²) in [5, 5.41) is 7.57. The van der Waals surface area contributed by atoms with Crippen LogP contribution in [-0.4, -0.2) is 48.0 Å². The van der Waals surface area contributed by atoms with Crippen LogP contribution in [0.2, 0.25) is 0 Å². The van der Waals surface area contributed by atoms with Crippen molar-refractivity contribution in [3.63, 3.8) is 0 Å². The lowest BCUT2D eigenvalue weighted by Gasteiger charge is -2.13. The monoisotopic (exact) mass is 399 g/mol. The van der Waals surface area contributed by atoms with Crippen LogP contribution < -0.4 is 14.2 Å². The largest absolute Gasteiger partial charge is 0.493 e. The molecule has 0 aliphatic heterocycles. The Morgan fingerprint density at radius 2 is 1.68 bits per heavy atom. The van der Waals surface area contributed by atoms with Crippen molar-refractivity contribution >= 4 is 17.5 Å². The number of nitrogens with zero attached hydrogens (tertiary/aromatic N) is 2. The lowest BCUT2D eigenvalue weighted by molar-refractivity contribution is 0.102. The molecule has 1 N–H and O–H groups in total. The van der Waals surface area contributed by atoms with Gasteiger partial charge in [-0.05, 0) is 19.1 Å². The van der Waals surface area contributed by atoms with Crippen molar-refractivity contribution in [2.75, 3.05) is 27.1 Å².